The average Bonchev–Trinajstić information content (AvgIpc) is 1.94. The molecule has 58 valence electrons. The first kappa shape index (κ1) is 13.2. The molecule has 0 saturated carbocycles. The van der Waals surface area contributed by atoms with E-state index in [9.17, 15) is 9.90 Å². The number of hydrogen-bond acceptors (Lipinski definition) is 2. The molecular weight excluding hydrogens is 393 g/mol. The van der Waals surface area contributed by atoms with Crippen LogP contribution in [0.3, 0.4) is 0 Å². The Balaban J connectivity index is 0.00000121. The molecule has 0 radical (unpaired) electrons. The van der Waals surface area contributed by atoms with E-state index >= 15 is 0 Å². The average molecular weight is 396 g/mol. The second-order valence-corrected chi connectivity index (χ2v) is 4.32. The van der Waals surface area contributed by atoms with E-state index in [4.69, 9.17) is 0 Å². The minimum atomic E-state index is -1.12. The SMILES string of the molecule is O=C([O-])c1cc(I)ccc1I.[Na+]. The molecule has 0 amide bonds. The van der Waals surface area contributed by atoms with Crippen molar-refractivity contribution in [3.05, 3.63) is 30.9 Å². The molecule has 5 heteroatoms. The fraction of sp³-hybridized carbons (Fsp3) is 0. The number of carboxylic acid groups (broad SMARTS) is 1. The molecule has 0 saturated heterocycles. The first-order valence-corrected chi connectivity index (χ1v) is 4.93. The van der Waals surface area contributed by atoms with Gasteiger partial charge in [0, 0.05) is 12.7 Å². The van der Waals surface area contributed by atoms with E-state index in [1.165, 1.54) is 0 Å². The first-order chi connectivity index (χ1) is 5.11. The summed E-state index contributed by atoms with van der Waals surface area (Å²) in [6.45, 7) is 0. The number of halogens is 2. The van der Waals surface area contributed by atoms with Gasteiger partial charge in [-0.05, 0) is 63.4 Å². The van der Waals surface area contributed by atoms with Crippen molar-refractivity contribution in [1.82, 2.24) is 0 Å². The van der Waals surface area contributed by atoms with Gasteiger partial charge in [0.2, 0.25) is 0 Å². The monoisotopic (exact) mass is 396 g/mol. The van der Waals surface area contributed by atoms with E-state index in [0.29, 0.717) is 3.57 Å². The van der Waals surface area contributed by atoms with Crippen molar-refractivity contribution in [2.75, 3.05) is 0 Å². The van der Waals surface area contributed by atoms with Crippen molar-refractivity contribution < 1.29 is 39.5 Å². The van der Waals surface area contributed by atoms with Crippen LogP contribution in [-0.2, 0) is 0 Å². The van der Waals surface area contributed by atoms with Crippen LogP contribution < -0.4 is 34.7 Å². The Kier molecular flexibility index (Phi) is 6.35. The van der Waals surface area contributed by atoms with Crippen LogP contribution in [-0.4, -0.2) is 5.97 Å². The molecule has 0 aliphatic rings. The number of aromatic carboxylic acids is 1. The van der Waals surface area contributed by atoms with Crippen molar-refractivity contribution in [1.29, 1.82) is 0 Å². The van der Waals surface area contributed by atoms with Gasteiger partial charge in [-0.2, -0.15) is 0 Å². The fourth-order valence-electron chi connectivity index (χ4n) is 0.654. The van der Waals surface area contributed by atoms with Gasteiger partial charge in [0.05, 0.1) is 5.97 Å². The predicted molar refractivity (Wildman–Crippen MR) is 56.2 cm³/mol. The maximum Gasteiger partial charge on any atom is 1.00 e. The van der Waals surface area contributed by atoms with Crippen molar-refractivity contribution in [2.24, 2.45) is 0 Å². The summed E-state index contributed by atoms with van der Waals surface area (Å²) in [5, 5.41) is 10.5. The van der Waals surface area contributed by atoms with Crippen LogP contribution in [0.2, 0.25) is 0 Å². The Morgan fingerprint density at radius 2 is 1.92 bits per heavy atom. The minimum Gasteiger partial charge on any atom is -0.545 e. The third kappa shape index (κ3) is 3.49. The van der Waals surface area contributed by atoms with Gasteiger partial charge in [-0.25, -0.2) is 0 Å². The van der Waals surface area contributed by atoms with Crippen LogP contribution in [0.1, 0.15) is 10.4 Å². The Morgan fingerprint density at radius 1 is 1.33 bits per heavy atom. The van der Waals surface area contributed by atoms with Crippen molar-refractivity contribution in [3.8, 4) is 0 Å². The van der Waals surface area contributed by atoms with Crippen molar-refractivity contribution in [2.45, 2.75) is 0 Å². The molecule has 0 atom stereocenters. The summed E-state index contributed by atoms with van der Waals surface area (Å²) in [5.41, 5.74) is 0.262. The van der Waals surface area contributed by atoms with Gasteiger partial charge < -0.3 is 9.90 Å². The Morgan fingerprint density at radius 3 is 2.33 bits per heavy atom. The standard InChI is InChI=1S/C7H4I2O2.Na/c8-4-1-2-6(9)5(3-4)7(10)11;/h1-3H,(H,10,11);/q;+1/p-1. The summed E-state index contributed by atoms with van der Waals surface area (Å²) in [5.74, 6) is -1.12. The van der Waals surface area contributed by atoms with Gasteiger partial charge >= 0.3 is 29.6 Å². The van der Waals surface area contributed by atoms with Gasteiger partial charge in [-0.3, -0.25) is 0 Å². The maximum absolute atomic E-state index is 10.5. The van der Waals surface area contributed by atoms with Crippen LogP contribution >= 0.6 is 45.2 Å². The molecule has 0 N–H and O–H groups in total. The van der Waals surface area contributed by atoms with E-state index in [-0.39, 0.29) is 35.1 Å². The van der Waals surface area contributed by atoms with Crippen LogP contribution in [0.4, 0.5) is 0 Å². The first-order valence-electron chi connectivity index (χ1n) is 2.77. The molecule has 1 aromatic rings. The Hall–Kier alpha value is 1.15. The van der Waals surface area contributed by atoms with Crippen LogP contribution in [0.25, 0.3) is 0 Å². The van der Waals surface area contributed by atoms with Gasteiger partial charge in [-0.15, -0.1) is 0 Å². The van der Waals surface area contributed by atoms with Gasteiger partial charge in [0.15, 0.2) is 0 Å². The number of carbonyl (C=O) groups is 1. The molecule has 1 aromatic carbocycles. The zero-order valence-corrected chi connectivity index (χ0v) is 12.6. The summed E-state index contributed by atoms with van der Waals surface area (Å²) in [6, 6.07) is 5.21. The third-order valence-corrected chi connectivity index (χ3v) is 2.76. The number of carbonyl (C=O) groups excluding carboxylic acids is 1. The van der Waals surface area contributed by atoms with Crippen LogP contribution in [0.15, 0.2) is 18.2 Å². The Labute approximate surface area is 120 Å². The van der Waals surface area contributed by atoms with Gasteiger partial charge in [0.25, 0.3) is 0 Å². The molecule has 0 spiro atoms. The molecule has 0 aromatic heterocycles. The molecule has 0 aliphatic carbocycles. The second kappa shape index (κ2) is 5.79. The number of rotatable bonds is 1. The van der Waals surface area contributed by atoms with Crippen LogP contribution in [0, 0.1) is 7.14 Å². The largest absolute Gasteiger partial charge is 1.00 e. The molecule has 0 unspecified atom stereocenters. The summed E-state index contributed by atoms with van der Waals surface area (Å²) in [4.78, 5) is 10.5. The third-order valence-electron chi connectivity index (χ3n) is 1.15. The molecular formula is C7H3I2NaO2. The number of carboxylic acids is 1. The summed E-state index contributed by atoms with van der Waals surface area (Å²) < 4.78 is 1.62. The van der Waals surface area contributed by atoms with E-state index in [0.717, 1.165) is 3.57 Å². The number of benzene rings is 1. The quantitative estimate of drug-likeness (QED) is 0.418. The molecule has 0 aliphatic heterocycles. The fourth-order valence-corrected chi connectivity index (χ4v) is 1.70. The zero-order chi connectivity index (χ0) is 8.43. The summed E-state index contributed by atoms with van der Waals surface area (Å²) in [6.07, 6.45) is 0. The summed E-state index contributed by atoms with van der Waals surface area (Å²) in [7, 11) is 0. The number of hydrogen-bond donors (Lipinski definition) is 0. The van der Waals surface area contributed by atoms with E-state index in [2.05, 4.69) is 22.6 Å². The van der Waals surface area contributed by atoms with Crippen LogP contribution in [0.5, 0.6) is 0 Å². The topological polar surface area (TPSA) is 40.1 Å². The zero-order valence-electron chi connectivity index (χ0n) is 6.30. The van der Waals surface area contributed by atoms with Crippen molar-refractivity contribution in [3.63, 3.8) is 0 Å². The molecule has 0 bridgehead atoms. The molecule has 0 fully saturated rings. The molecule has 1 rings (SSSR count). The predicted octanol–water partition coefficient (Wildman–Crippen LogP) is -1.74. The van der Waals surface area contributed by atoms with Gasteiger partial charge in [-0.1, -0.05) is 0 Å². The minimum absolute atomic E-state index is 0. The van der Waals surface area contributed by atoms with E-state index in [1.807, 2.05) is 28.7 Å². The Bertz CT molecular complexity index is 301. The van der Waals surface area contributed by atoms with E-state index in [1.54, 1.807) is 12.1 Å². The maximum atomic E-state index is 10.5. The normalized spacial score (nSPS) is 8.83. The molecule has 2 nitrogen and oxygen atoms in total. The smallest absolute Gasteiger partial charge is 0.545 e. The van der Waals surface area contributed by atoms with Gasteiger partial charge in [0.1, 0.15) is 0 Å². The second-order valence-electron chi connectivity index (χ2n) is 1.91. The summed E-state index contributed by atoms with van der Waals surface area (Å²) >= 11 is 4.03. The molecule has 0 heterocycles. The molecule has 12 heavy (non-hydrogen) atoms. The van der Waals surface area contributed by atoms with E-state index < -0.39 is 5.97 Å². The van der Waals surface area contributed by atoms with Crippen molar-refractivity contribution >= 4 is 51.2 Å².